The van der Waals surface area contributed by atoms with Gasteiger partial charge in [-0.1, -0.05) is 13.8 Å². The SMILES string of the molecule is COC(=O)c1coc2c1C(O)C(C)(C)CC2. The number of aliphatic hydroxyl groups excluding tert-OH is 1. The zero-order valence-corrected chi connectivity index (χ0v) is 9.74. The summed E-state index contributed by atoms with van der Waals surface area (Å²) in [4.78, 5) is 11.5. The molecule has 0 amide bonds. The van der Waals surface area contributed by atoms with Crippen molar-refractivity contribution in [2.75, 3.05) is 7.11 Å². The summed E-state index contributed by atoms with van der Waals surface area (Å²) >= 11 is 0. The summed E-state index contributed by atoms with van der Waals surface area (Å²) < 4.78 is 9.98. The van der Waals surface area contributed by atoms with Gasteiger partial charge >= 0.3 is 5.97 Å². The summed E-state index contributed by atoms with van der Waals surface area (Å²) in [7, 11) is 1.32. The first-order chi connectivity index (χ1) is 7.47. The van der Waals surface area contributed by atoms with Gasteiger partial charge < -0.3 is 14.3 Å². The minimum atomic E-state index is -0.677. The highest BCUT2D eigenvalue weighted by Crippen LogP contribution is 2.45. The Morgan fingerprint density at radius 2 is 2.31 bits per heavy atom. The number of ether oxygens (including phenoxy) is 1. The molecule has 1 aromatic heterocycles. The van der Waals surface area contributed by atoms with Crippen LogP contribution in [0.4, 0.5) is 0 Å². The predicted molar refractivity (Wildman–Crippen MR) is 57.1 cm³/mol. The minimum Gasteiger partial charge on any atom is -0.468 e. The van der Waals surface area contributed by atoms with Gasteiger partial charge in [-0.05, 0) is 11.8 Å². The first-order valence-corrected chi connectivity index (χ1v) is 5.34. The maximum Gasteiger partial charge on any atom is 0.341 e. The smallest absolute Gasteiger partial charge is 0.341 e. The number of fused-ring (bicyclic) bond motifs is 1. The Bertz CT molecular complexity index is 417. The minimum absolute atomic E-state index is 0.236. The van der Waals surface area contributed by atoms with E-state index >= 15 is 0 Å². The molecule has 4 heteroatoms. The molecular weight excluding hydrogens is 208 g/mol. The van der Waals surface area contributed by atoms with Crippen molar-refractivity contribution in [3.8, 4) is 0 Å². The normalized spacial score (nSPS) is 22.6. The molecule has 1 unspecified atom stereocenters. The molecule has 0 radical (unpaired) electrons. The van der Waals surface area contributed by atoms with E-state index in [9.17, 15) is 9.90 Å². The zero-order valence-electron chi connectivity index (χ0n) is 9.74. The average molecular weight is 224 g/mol. The third kappa shape index (κ3) is 1.53. The molecule has 1 aliphatic carbocycles. The summed E-state index contributed by atoms with van der Waals surface area (Å²) in [6, 6.07) is 0. The molecule has 0 fully saturated rings. The number of aliphatic hydroxyl groups is 1. The number of carbonyl (C=O) groups is 1. The van der Waals surface area contributed by atoms with Crippen LogP contribution >= 0.6 is 0 Å². The van der Waals surface area contributed by atoms with Crippen LogP contribution in [0.15, 0.2) is 10.7 Å². The number of hydrogen-bond acceptors (Lipinski definition) is 4. The van der Waals surface area contributed by atoms with Crippen molar-refractivity contribution in [1.29, 1.82) is 0 Å². The van der Waals surface area contributed by atoms with Crippen molar-refractivity contribution in [3.05, 3.63) is 23.2 Å². The second kappa shape index (κ2) is 3.63. The van der Waals surface area contributed by atoms with E-state index in [1.807, 2.05) is 13.8 Å². The maximum atomic E-state index is 11.5. The lowest BCUT2D eigenvalue weighted by atomic mass is 9.73. The van der Waals surface area contributed by atoms with Crippen molar-refractivity contribution in [3.63, 3.8) is 0 Å². The predicted octanol–water partition coefficient (Wildman–Crippen LogP) is 2.07. The van der Waals surface area contributed by atoms with Crippen LogP contribution in [0.25, 0.3) is 0 Å². The number of rotatable bonds is 1. The van der Waals surface area contributed by atoms with Gasteiger partial charge in [-0.3, -0.25) is 0 Å². The number of esters is 1. The second-order valence-corrected chi connectivity index (χ2v) is 4.87. The number of aryl methyl sites for hydroxylation is 1. The van der Waals surface area contributed by atoms with Crippen LogP contribution in [0.3, 0.4) is 0 Å². The van der Waals surface area contributed by atoms with E-state index in [0.29, 0.717) is 16.9 Å². The van der Waals surface area contributed by atoms with Crippen molar-refractivity contribution < 1.29 is 19.1 Å². The Morgan fingerprint density at radius 1 is 1.62 bits per heavy atom. The Kier molecular flexibility index (Phi) is 2.54. The number of methoxy groups -OCH3 is 1. The molecule has 4 nitrogen and oxygen atoms in total. The van der Waals surface area contributed by atoms with E-state index in [2.05, 4.69) is 4.74 Å². The first kappa shape index (κ1) is 11.2. The summed E-state index contributed by atoms with van der Waals surface area (Å²) in [5, 5.41) is 10.2. The van der Waals surface area contributed by atoms with Gasteiger partial charge in [0.05, 0.1) is 13.2 Å². The Balaban J connectivity index is 2.48. The highest BCUT2D eigenvalue weighted by Gasteiger charge is 2.39. The lowest BCUT2D eigenvalue weighted by Crippen LogP contribution is -2.28. The molecule has 1 heterocycles. The number of hydrogen-bond donors (Lipinski definition) is 1. The fourth-order valence-corrected chi connectivity index (χ4v) is 2.13. The van der Waals surface area contributed by atoms with Gasteiger partial charge in [-0.25, -0.2) is 4.79 Å². The molecule has 1 N–H and O–H groups in total. The lowest BCUT2D eigenvalue weighted by Gasteiger charge is -2.34. The maximum absolute atomic E-state index is 11.5. The monoisotopic (exact) mass is 224 g/mol. The molecule has 0 aromatic carbocycles. The molecule has 88 valence electrons. The molecule has 1 aliphatic rings. The lowest BCUT2D eigenvalue weighted by molar-refractivity contribution is 0.0287. The molecule has 1 aromatic rings. The summed E-state index contributed by atoms with van der Waals surface area (Å²) in [6.45, 7) is 3.96. The van der Waals surface area contributed by atoms with Crippen LogP contribution in [0.5, 0.6) is 0 Å². The number of furan rings is 1. The van der Waals surface area contributed by atoms with Crippen LogP contribution < -0.4 is 0 Å². The molecule has 0 spiro atoms. The van der Waals surface area contributed by atoms with Gasteiger partial charge in [0.1, 0.15) is 17.6 Å². The topological polar surface area (TPSA) is 59.7 Å². The van der Waals surface area contributed by atoms with Gasteiger partial charge in [-0.15, -0.1) is 0 Å². The largest absolute Gasteiger partial charge is 0.468 e. The van der Waals surface area contributed by atoms with E-state index < -0.39 is 12.1 Å². The quantitative estimate of drug-likeness (QED) is 0.742. The van der Waals surface area contributed by atoms with Crippen LogP contribution in [-0.2, 0) is 11.2 Å². The standard InChI is InChI=1S/C12H16O4/c1-12(2)5-4-8-9(10(12)13)7(6-16-8)11(14)15-3/h6,10,13H,4-5H2,1-3H3. The first-order valence-electron chi connectivity index (χ1n) is 5.34. The van der Waals surface area contributed by atoms with Gasteiger partial charge in [0, 0.05) is 12.0 Å². The van der Waals surface area contributed by atoms with E-state index in [1.54, 1.807) is 0 Å². The average Bonchev–Trinajstić information content (AvgIpc) is 2.67. The third-order valence-corrected chi connectivity index (χ3v) is 3.32. The molecule has 2 rings (SSSR count). The Labute approximate surface area is 94.2 Å². The molecule has 0 saturated carbocycles. The number of carbonyl (C=O) groups excluding carboxylic acids is 1. The van der Waals surface area contributed by atoms with Crippen molar-refractivity contribution in [2.45, 2.75) is 32.8 Å². The van der Waals surface area contributed by atoms with E-state index in [1.165, 1.54) is 13.4 Å². The van der Waals surface area contributed by atoms with Crippen molar-refractivity contribution in [1.82, 2.24) is 0 Å². The van der Waals surface area contributed by atoms with E-state index in [-0.39, 0.29) is 5.41 Å². The summed E-state index contributed by atoms with van der Waals surface area (Å²) in [6.07, 6.45) is 2.29. The van der Waals surface area contributed by atoms with Gasteiger partial charge in [-0.2, -0.15) is 0 Å². The highest BCUT2D eigenvalue weighted by atomic mass is 16.5. The fourth-order valence-electron chi connectivity index (χ4n) is 2.13. The van der Waals surface area contributed by atoms with Gasteiger partial charge in [0.25, 0.3) is 0 Å². The van der Waals surface area contributed by atoms with Crippen LogP contribution in [-0.4, -0.2) is 18.2 Å². The van der Waals surface area contributed by atoms with E-state index in [4.69, 9.17) is 4.42 Å². The molecule has 16 heavy (non-hydrogen) atoms. The van der Waals surface area contributed by atoms with Crippen LogP contribution in [0, 0.1) is 5.41 Å². The molecule has 0 saturated heterocycles. The van der Waals surface area contributed by atoms with Gasteiger partial charge in [0.15, 0.2) is 0 Å². The highest BCUT2D eigenvalue weighted by molar-refractivity contribution is 5.91. The third-order valence-electron chi connectivity index (χ3n) is 3.32. The molecular formula is C12H16O4. The van der Waals surface area contributed by atoms with E-state index in [0.717, 1.165) is 12.8 Å². The van der Waals surface area contributed by atoms with Crippen LogP contribution in [0.2, 0.25) is 0 Å². The summed E-state index contributed by atoms with van der Waals surface area (Å²) in [5.74, 6) is 0.244. The zero-order chi connectivity index (χ0) is 11.9. The van der Waals surface area contributed by atoms with Crippen molar-refractivity contribution >= 4 is 5.97 Å². The molecule has 0 aliphatic heterocycles. The summed E-state index contributed by atoms with van der Waals surface area (Å²) in [5.41, 5.74) is 0.709. The fraction of sp³-hybridized carbons (Fsp3) is 0.583. The Morgan fingerprint density at radius 3 is 2.94 bits per heavy atom. The second-order valence-electron chi connectivity index (χ2n) is 4.87. The molecule has 1 atom stereocenters. The van der Waals surface area contributed by atoms with Gasteiger partial charge in [0.2, 0.25) is 0 Å². The molecule has 0 bridgehead atoms. The van der Waals surface area contributed by atoms with Crippen LogP contribution in [0.1, 0.15) is 48.1 Å². The Hall–Kier alpha value is -1.29. The van der Waals surface area contributed by atoms with Crippen molar-refractivity contribution in [2.24, 2.45) is 5.41 Å².